The van der Waals surface area contributed by atoms with Gasteiger partial charge in [0.2, 0.25) is 0 Å². The van der Waals surface area contributed by atoms with E-state index >= 15 is 0 Å². The van der Waals surface area contributed by atoms with E-state index in [2.05, 4.69) is 24.0 Å². The highest BCUT2D eigenvalue weighted by molar-refractivity contribution is 5.41. The van der Waals surface area contributed by atoms with Crippen LogP contribution in [0, 0.1) is 12.8 Å². The van der Waals surface area contributed by atoms with E-state index in [1.54, 1.807) is 0 Å². The van der Waals surface area contributed by atoms with Gasteiger partial charge in [-0.15, -0.1) is 0 Å². The highest BCUT2D eigenvalue weighted by Crippen LogP contribution is 2.49. The molecule has 3 heteroatoms. The number of aliphatic hydroxyl groups excluding tert-OH is 1. The summed E-state index contributed by atoms with van der Waals surface area (Å²) in [4.78, 5) is 2.52. The normalized spacial score (nSPS) is 40.0. The van der Waals surface area contributed by atoms with Crippen LogP contribution in [0.25, 0.3) is 0 Å². The molecule has 0 amide bonds. The monoisotopic (exact) mass is 259 g/mol. The minimum Gasteiger partial charge on any atom is -0.486 e. The summed E-state index contributed by atoms with van der Waals surface area (Å²) >= 11 is 0. The topological polar surface area (TPSA) is 32.7 Å². The van der Waals surface area contributed by atoms with Crippen LogP contribution in [-0.2, 0) is 0 Å². The summed E-state index contributed by atoms with van der Waals surface area (Å²) in [5.41, 5.74) is 2.05. The van der Waals surface area contributed by atoms with Gasteiger partial charge >= 0.3 is 0 Å². The number of aliphatic hydroxyl groups is 1. The van der Waals surface area contributed by atoms with Crippen molar-refractivity contribution in [2.45, 2.75) is 37.9 Å². The Bertz CT molecular complexity index is 515. The van der Waals surface area contributed by atoms with Crippen molar-refractivity contribution >= 4 is 0 Å². The number of hydrogen-bond donors (Lipinski definition) is 1. The minimum absolute atomic E-state index is 0.116. The zero-order valence-electron chi connectivity index (χ0n) is 11.4. The molecule has 102 valence electrons. The number of nitrogens with zero attached hydrogens (tertiary/aromatic N) is 1. The summed E-state index contributed by atoms with van der Waals surface area (Å²) in [6.45, 7) is 5.53. The van der Waals surface area contributed by atoms with E-state index in [-0.39, 0.29) is 11.7 Å². The van der Waals surface area contributed by atoms with Gasteiger partial charge in [0.05, 0.1) is 6.10 Å². The Hall–Kier alpha value is -1.06. The van der Waals surface area contributed by atoms with Crippen LogP contribution in [0.1, 0.15) is 36.5 Å². The summed E-state index contributed by atoms with van der Waals surface area (Å²) in [5, 5.41) is 10.5. The first-order chi connectivity index (χ1) is 9.16. The Labute approximate surface area is 114 Å². The Morgan fingerprint density at radius 3 is 3.16 bits per heavy atom. The fourth-order valence-electron chi connectivity index (χ4n) is 4.14. The smallest absolute Gasteiger partial charge is 0.125 e. The molecule has 3 unspecified atom stereocenters. The van der Waals surface area contributed by atoms with Crippen LogP contribution >= 0.6 is 0 Å². The lowest BCUT2D eigenvalue weighted by atomic mass is 9.75. The largest absolute Gasteiger partial charge is 0.486 e. The molecule has 2 saturated heterocycles. The van der Waals surface area contributed by atoms with Crippen LogP contribution in [0.15, 0.2) is 18.2 Å². The Kier molecular flexibility index (Phi) is 2.45. The molecule has 1 aromatic rings. The molecule has 1 aromatic carbocycles. The third-order valence-electron chi connectivity index (χ3n) is 5.24. The summed E-state index contributed by atoms with van der Waals surface area (Å²) < 4.78 is 6.43. The molecule has 4 rings (SSSR count). The maximum atomic E-state index is 10.5. The van der Waals surface area contributed by atoms with Gasteiger partial charge in [0.15, 0.2) is 0 Å². The van der Waals surface area contributed by atoms with Gasteiger partial charge in [-0.3, -0.25) is 0 Å². The second kappa shape index (κ2) is 3.97. The zero-order chi connectivity index (χ0) is 13.0. The molecule has 0 radical (unpaired) electrons. The number of rotatable bonds is 0. The van der Waals surface area contributed by atoms with Crippen LogP contribution in [0.5, 0.6) is 5.75 Å². The molecular weight excluding hydrogens is 238 g/mol. The standard InChI is InChI=1S/C16H21NO2/c1-11-2-3-15-13(8-11)14(18)9-16(19-15)5-7-17-6-4-12(16)10-17/h2-3,8,12,14,18H,4-7,9-10H2,1H3/t12?,14-,16?/m0/s1. The molecule has 0 saturated carbocycles. The lowest BCUT2D eigenvalue weighted by Crippen LogP contribution is -2.53. The maximum absolute atomic E-state index is 10.5. The first-order valence-corrected chi connectivity index (χ1v) is 7.36. The van der Waals surface area contributed by atoms with Crippen molar-refractivity contribution in [3.05, 3.63) is 29.3 Å². The highest BCUT2D eigenvalue weighted by Gasteiger charge is 2.51. The fourth-order valence-corrected chi connectivity index (χ4v) is 4.14. The second-order valence-electron chi connectivity index (χ2n) is 6.46. The van der Waals surface area contributed by atoms with E-state index in [1.165, 1.54) is 18.5 Å². The molecule has 0 aromatic heterocycles. The van der Waals surface area contributed by atoms with Crippen molar-refractivity contribution < 1.29 is 9.84 Å². The average molecular weight is 259 g/mol. The van der Waals surface area contributed by atoms with Gasteiger partial charge in [0.1, 0.15) is 11.4 Å². The Morgan fingerprint density at radius 1 is 1.37 bits per heavy atom. The molecule has 3 aliphatic heterocycles. The molecule has 3 nitrogen and oxygen atoms in total. The van der Waals surface area contributed by atoms with Crippen molar-refractivity contribution in [1.82, 2.24) is 4.90 Å². The SMILES string of the molecule is Cc1ccc2c(c1)[C@@H](O)CC1(CCN3CCC1C3)O2. The number of benzene rings is 1. The lowest BCUT2D eigenvalue weighted by molar-refractivity contribution is -0.0736. The van der Waals surface area contributed by atoms with Crippen LogP contribution in [0.2, 0.25) is 0 Å². The fraction of sp³-hybridized carbons (Fsp3) is 0.625. The van der Waals surface area contributed by atoms with Crippen molar-refractivity contribution in [2.75, 3.05) is 19.6 Å². The number of piperidine rings is 1. The van der Waals surface area contributed by atoms with E-state index in [0.717, 1.165) is 37.2 Å². The molecule has 0 aliphatic carbocycles. The number of aryl methyl sites for hydroxylation is 1. The molecule has 1 N–H and O–H groups in total. The molecule has 3 aliphatic rings. The summed E-state index contributed by atoms with van der Waals surface area (Å²) in [6.07, 6.45) is 2.67. The maximum Gasteiger partial charge on any atom is 0.125 e. The molecule has 1 spiro atoms. The number of hydrogen-bond acceptors (Lipinski definition) is 3. The summed E-state index contributed by atoms with van der Waals surface area (Å²) in [6, 6.07) is 6.18. The number of ether oxygens (including phenoxy) is 1. The van der Waals surface area contributed by atoms with Gasteiger partial charge in [-0.1, -0.05) is 11.6 Å². The van der Waals surface area contributed by atoms with Gasteiger partial charge in [-0.05, 0) is 32.0 Å². The van der Waals surface area contributed by atoms with E-state index in [4.69, 9.17) is 4.74 Å². The van der Waals surface area contributed by atoms with E-state index < -0.39 is 0 Å². The third kappa shape index (κ3) is 1.72. The van der Waals surface area contributed by atoms with E-state index in [9.17, 15) is 5.11 Å². The molecule has 3 heterocycles. The van der Waals surface area contributed by atoms with Gasteiger partial charge in [-0.2, -0.15) is 0 Å². The Balaban J connectivity index is 1.72. The van der Waals surface area contributed by atoms with Crippen LogP contribution < -0.4 is 4.74 Å². The van der Waals surface area contributed by atoms with Crippen molar-refractivity contribution in [3.63, 3.8) is 0 Å². The molecule has 19 heavy (non-hydrogen) atoms. The Morgan fingerprint density at radius 2 is 2.26 bits per heavy atom. The average Bonchev–Trinajstić information content (AvgIpc) is 2.81. The first-order valence-electron chi connectivity index (χ1n) is 7.36. The van der Waals surface area contributed by atoms with Gasteiger partial charge < -0.3 is 14.7 Å². The van der Waals surface area contributed by atoms with Crippen LogP contribution in [0.4, 0.5) is 0 Å². The summed E-state index contributed by atoms with van der Waals surface area (Å²) in [7, 11) is 0. The van der Waals surface area contributed by atoms with Crippen LogP contribution in [-0.4, -0.2) is 35.2 Å². The van der Waals surface area contributed by atoms with E-state index in [0.29, 0.717) is 5.92 Å². The number of fused-ring (bicyclic) bond motifs is 4. The minimum atomic E-state index is -0.365. The molecule has 4 atom stereocenters. The second-order valence-corrected chi connectivity index (χ2v) is 6.46. The van der Waals surface area contributed by atoms with Crippen molar-refractivity contribution in [2.24, 2.45) is 5.92 Å². The van der Waals surface area contributed by atoms with Gasteiger partial charge in [0, 0.05) is 37.4 Å². The molecule has 2 bridgehead atoms. The van der Waals surface area contributed by atoms with Crippen molar-refractivity contribution in [1.29, 1.82) is 0 Å². The van der Waals surface area contributed by atoms with E-state index in [1.807, 2.05) is 6.07 Å². The van der Waals surface area contributed by atoms with Gasteiger partial charge in [0.25, 0.3) is 0 Å². The quantitative estimate of drug-likeness (QED) is 0.776. The van der Waals surface area contributed by atoms with Crippen LogP contribution in [0.3, 0.4) is 0 Å². The molecular formula is C16H21NO2. The first kappa shape index (κ1) is 11.7. The summed E-state index contributed by atoms with van der Waals surface area (Å²) in [5.74, 6) is 1.50. The van der Waals surface area contributed by atoms with Crippen molar-refractivity contribution in [3.8, 4) is 5.75 Å². The predicted molar refractivity (Wildman–Crippen MR) is 73.3 cm³/mol. The predicted octanol–water partition coefficient (Wildman–Crippen LogP) is 2.28. The third-order valence-corrected chi connectivity index (χ3v) is 5.24. The van der Waals surface area contributed by atoms with Gasteiger partial charge in [-0.25, -0.2) is 0 Å². The molecule has 2 fully saturated rings. The highest BCUT2D eigenvalue weighted by atomic mass is 16.5. The lowest BCUT2D eigenvalue weighted by Gasteiger charge is -2.47. The zero-order valence-corrected chi connectivity index (χ0v) is 11.4.